The summed E-state index contributed by atoms with van der Waals surface area (Å²) in [7, 11) is 6.77. The Morgan fingerprint density at radius 2 is 0.587 bits per heavy atom. The standard InChI is InChI=1S/C42H44O4/c1-11-31-23-40(44-8)36(20-27(31)3)16-14-34-25-42(46-10)38(22-29(34)5)18-15-35-26-41(45-9)37(21-30(35)6)17-13-33-24-39(43-7)32(12-2)19-28(33)4/h11-26H,1-2H2,3-10H3/b16-14+,17-13+,18-15+. The van der Waals surface area contributed by atoms with Crippen molar-refractivity contribution in [2.24, 2.45) is 0 Å². The van der Waals surface area contributed by atoms with Crippen molar-refractivity contribution in [3.8, 4) is 23.0 Å². The van der Waals surface area contributed by atoms with Gasteiger partial charge in [-0.2, -0.15) is 0 Å². The average molecular weight is 613 g/mol. The summed E-state index contributed by atoms with van der Waals surface area (Å²) >= 11 is 0. The molecule has 0 aliphatic carbocycles. The lowest BCUT2D eigenvalue weighted by Crippen LogP contribution is -1.93. The Morgan fingerprint density at radius 1 is 0.348 bits per heavy atom. The molecule has 236 valence electrons. The predicted octanol–water partition coefficient (Wildman–Crippen LogP) is 10.8. The third-order valence-corrected chi connectivity index (χ3v) is 8.24. The van der Waals surface area contributed by atoms with Gasteiger partial charge in [0.1, 0.15) is 23.0 Å². The van der Waals surface area contributed by atoms with Crippen molar-refractivity contribution in [3.05, 3.63) is 128 Å². The molecular weight excluding hydrogens is 568 g/mol. The van der Waals surface area contributed by atoms with Crippen LogP contribution in [-0.4, -0.2) is 28.4 Å². The highest BCUT2D eigenvalue weighted by Gasteiger charge is 2.10. The SMILES string of the molecule is C=Cc1cc(OC)c(/C=C/c2cc(OC)c(/C=C/c3cc(OC)c(/C=C/c4cc(OC)c(C=C)cc4C)cc3C)cc2C)cc1C. The highest BCUT2D eigenvalue weighted by molar-refractivity contribution is 5.81. The third kappa shape index (κ3) is 7.52. The van der Waals surface area contributed by atoms with Gasteiger partial charge in [0.25, 0.3) is 0 Å². The molecule has 0 bridgehead atoms. The molecule has 0 fully saturated rings. The molecule has 0 saturated heterocycles. The lowest BCUT2D eigenvalue weighted by atomic mass is 9.98. The summed E-state index contributed by atoms with van der Waals surface area (Å²) < 4.78 is 22.8. The minimum atomic E-state index is 0.795. The second-order valence-electron chi connectivity index (χ2n) is 11.2. The lowest BCUT2D eigenvalue weighted by molar-refractivity contribution is 0.413. The van der Waals surface area contributed by atoms with Gasteiger partial charge in [0.05, 0.1) is 28.4 Å². The van der Waals surface area contributed by atoms with E-state index < -0.39 is 0 Å². The van der Waals surface area contributed by atoms with Crippen LogP contribution in [0.15, 0.2) is 61.7 Å². The largest absolute Gasteiger partial charge is 0.496 e. The zero-order valence-electron chi connectivity index (χ0n) is 28.3. The van der Waals surface area contributed by atoms with E-state index in [0.717, 1.165) is 89.8 Å². The molecule has 4 nitrogen and oxygen atoms in total. The summed E-state index contributed by atoms with van der Waals surface area (Å²) in [4.78, 5) is 0. The van der Waals surface area contributed by atoms with Gasteiger partial charge in [-0.3, -0.25) is 0 Å². The van der Waals surface area contributed by atoms with Crippen LogP contribution in [0, 0.1) is 27.7 Å². The van der Waals surface area contributed by atoms with Crippen molar-refractivity contribution in [3.63, 3.8) is 0 Å². The van der Waals surface area contributed by atoms with Gasteiger partial charge in [-0.1, -0.05) is 61.8 Å². The Kier molecular flexibility index (Phi) is 11.1. The molecule has 0 unspecified atom stereocenters. The van der Waals surface area contributed by atoms with Gasteiger partial charge in [0, 0.05) is 22.3 Å². The minimum Gasteiger partial charge on any atom is -0.496 e. The third-order valence-electron chi connectivity index (χ3n) is 8.24. The summed E-state index contributed by atoms with van der Waals surface area (Å²) in [6.45, 7) is 16.2. The van der Waals surface area contributed by atoms with Crippen molar-refractivity contribution >= 4 is 48.6 Å². The molecule has 4 aromatic rings. The van der Waals surface area contributed by atoms with Crippen molar-refractivity contribution in [2.75, 3.05) is 28.4 Å². The van der Waals surface area contributed by atoms with E-state index in [9.17, 15) is 0 Å². The summed E-state index contributed by atoms with van der Waals surface area (Å²) in [5.41, 5.74) is 12.8. The zero-order chi connectivity index (χ0) is 33.4. The Balaban J connectivity index is 1.62. The van der Waals surface area contributed by atoms with E-state index in [2.05, 4.69) is 114 Å². The molecular formula is C42H44O4. The van der Waals surface area contributed by atoms with Gasteiger partial charge in [0.15, 0.2) is 0 Å². The highest BCUT2D eigenvalue weighted by Crippen LogP contribution is 2.32. The fourth-order valence-corrected chi connectivity index (χ4v) is 5.46. The van der Waals surface area contributed by atoms with Gasteiger partial charge in [0.2, 0.25) is 0 Å². The Morgan fingerprint density at radius 3 is 0.891 bits per heavy atom. The smallest absolute Gasteiger partial charge is 0.126 e. The molecule has 4 rings (SSSR count). The number of hydrogen-bond donors (Lipinski definition) is 0. The van der Waals surface area contributed by atoms with Crippen LogP contribution in [0.25, 0.3) is 48.6 Å². The molecule has 0 radical (unpaired) electrons. The van der Waals surface area contributed by atoms with E-state index in [0.29, 0.717) is 0 Å². The van der Waals surface area contributed by atoms with Crippen LogP contribution < -0.4 is 18.9 Å². The molecule has 0 N–H and O–H groups in total. The number of methoxy groups -OCH3 is 4. The number of benzene rings is 4. The van der Waals surface area contributed by atoms with Gasteiger partial charge in [-0.15, -0.1) is 0 Å². The van der Waals surface area contributed by atoms with E-state index in [-0.39, 0.29) is 0 Å². The first-order valence-electron chi connectivity index (χ1n) is 15.2. The molecule has 0 saturated carbocycles. The highest BCUT2D eigenvalue weighted by atomic mass is 16.5. The first-order valence-corrected chi connectivity index (χ1v) is 15.2. The number of aryl methyl sites for hydroxylation is 4. The summed E-state index contributed by atoms with van der Waals surface area (Å²) in [6, 6.07) is 16.7. The van der Waals surface area contributed by atoms with Crippen LogP contribution in [-0.2, 0) is 0 Å². The summed E-state index contributed by atoms with van der Waals surface area (Å²) in [6.07, 6.45) is 16.2. The summed E-state index contributed by atoms with van der Waals surface area (Å²) in [5.74, 6) is 3.20. The fourth-order valence-electron chi connectivity index (χ4n) is 5.46. The Labute approximate surface area is 274 Å². The Bertz CT molecular complexity index is 1850. The molecule has 4 heteroatoms. The number of rotatable bonds is 12. The van der Waals surface area contributed by atoms with Gasteiger partial charge in [-0.05, 0) is 121 Å². The van der Waals surface area contributed by atoms with Gasteiger partial charge < -0.3 is 18.9 Å². The van der Waals surface area contributed by atoms with Crippen LogP contribution in [0.2, 0.25) is 0 Å². The molecule has 0 aromatic heterocycles. The van der Waals surface area contributed by atoms with Crippen molar-refractivity contribution in [1.82, 2.24) is 0 Å². The maximum absolute atomic E-state index is 5.82. The molecule has 0 aliphatic rings. The average Bonchev–Trinajstić information content (AvgIpc) is 3.06. The predicted molar refractivity (Wildman–Crippen MR) is 198 cm³/mol. The molecule has 0 amide bonds. The first-order chi connectivity index (χ1) is 22.1. The number of ether oxygens (including phenoxy) is 4. The van der Waals surface area contributed by atoms with Crippen molar-refractivity contribution in [1.29, 1.82) is 0 Å². The molecule has 0 atom stereocenters. The maximum atomic E-state index is 5.82. The van der Waals surface area contributed by atoms with E-state index >= 15 is 0 Å². The van der Waals surface area contributed by atoms with Crippen LogP contribution in [0.4, 0.5) is 0 Å². The second-order valence-corrected chi connectivity index (χ2v) is 11.2. The lowest BCUT2D eigenvalue weighted by Gasteiger charge is -2.12. The van der Waals surface area contributed by atoms with Crippen LogP contribution in [0.3, 0.4) is 0 Å². The van der Waals surface area contributed by atoms with Gasteiger partial charge in [-0.25, -0.2) is 0 Å². The zero-order valence-corrected chi connectivity index (χ0v) is 28.3. The minimum absolute atomic E-state index is 0.795. The van der Waals surface area contributed by atoms with E-state index in [1.165, 1.54) is 0 Å². The second kappa shape index (κ2) is 15.2. The fraction of sp³-hybridized carbons (Fsp3) is 0.190. The molecule has 46 heavy (non-hydrogen) atoms. The quantitative estimate of drug-likeness (QED) is 0.149. The van der Waals surface area contributed by atoms with Crippen molar-refractivity contribution < 1.29 is 18.9 Å². The number of hydrogen-bond acceptors (Lipinski definition) is 4. The van der Waals surface area contributed by atoms with Crippen molar-refractivity contribution in [2.45, 2.75) is 27.7 Å². The maximum Gasteiger partial charge on any atom is 0.126 e. The van der Waals surface area contributed by atoms with E-state index in [1.54, 1.807) is 28.4 Å². The molecule has 0 heterocycles. The monoisotopic (exact) mass is 612 g/mol. The Hall–Kier alpha value is -5.22. The first kappa shape index (κ1) is 33.7. The van der Waals surface area contributed by atoms with Gasteiger partial charge >= 0.3 is 0 Å². The van der Waals surface area contributed by atoms with Crippen LogP contribution >= 0.6 is 0 Å². The van der Waals surface area contributed by atoms with E-state index in [4.69, 9.17) is 18.9 Å². The summed E-state index contributed by atoms with van der Waals surface area (Å²) in [5, 5.41) is 0. The molecule has 4 aromatic carbocycles. The normalized spacial score (nSPS) is 11.4. The van der Waals surface area contributed by atoms with Crippen LogP contribution in [0.5, 0.6) is 23.0 Å². The molecule has 0 spiro atoms. The van der Waals surface area contributed by atoms with E-state index in [1.807, 2.05) is 24.3 Å². The van der Waals surface area contributed by atoms with Crippen LogP contribution in [0.1, 0.15) is 66.8 Å². The topological polar surface area (TPSA) is 36.9 Å². The molecule has 0 aliphatic heterocycles.